The lowest BCUT2D eigenvalue weighted by Crippen LogP contribution is -2.33. The number of rotatable bonds is 5. The third-order valence-corrected chi connectivity index (χ3v) is 5.00. The molecule has 0 aromatic heterocycles. The number of nitrogens with zero attached hydrogens (tertiary/aromatic N) is 1. The summed E-state index contributed by atoms with van der Waals surface area (Å²) in [5.41, 5.74) is 8.41. The molecule has 0 spiro atoms. The van der Waals surface area contributed by atoms with E-state index in [2.05, 4.69) is 27.9 Å². The van der Waals surface area contributed by atoms with Crippen molar-refractivity contribution in [3.05, 3.63) is 27.7 Å². The van der Waals surface area contributed by atoms with Gasteiger partial charge in [0.05, 0.1) is 17.9 Å². The van der Waals surface area contributed by atoms with Gasteiger partial charge in [-0.25, -0.2) is 4.79 Å². The second kappa shape index (κ2) is 7.97. The maximum Gasteiger partial charge on any atom is 0.338 e. The summed E-state index contributed by atoms with van der Waals surface area (Å²) in [7, 11) is 2.14. The minimum atomic E-state index is -0.301. The van der Waals surface area contributed by atoms with Gasteiger partial charge in [0.2, 0.25) is 0 Å². The fourth-order valence-corrected chi connectivity index (χ4v) is 3.56. The number of nitrogen functional groups attached to an aromatic ring is 1. The highest BCUT2D eigenvalue weighted by Crippen LogP contribution is 2.29. The predicted octanol–water partition coefficient (Wildman–Crippen LogP) is 3.97. The summed E-state index contributed by atoms with van der Waals surface area (Å²) in [6, 6.07) is 4.20. The molecule has 0 radical (unpaired) electrons. The third-order valence-electron chi connectivity index (χ3n) is 4.34. The smallest absolute Gasteiger partial charge is 0.338 e. The molecule has 1 fully saturated rings. The molecule has 2 rings (SSSR count). The summed E-state index contributed by atoms with van der Waals surface area (Å²) in [6.45, 7) is 2.93. The average Bonchev–Trinajstić information content (AvgIpc) is 2.52. The normalized spacial score (nSPS) is 16.0. The standard InChI is InChI=1S/C17H25BrN2O2/c1-3-22-17(21)12-9-13(16(19)15(18)10-12)11-20(2)14-7-5-4-6-8-14/h9-10,14H,3-8,11,19H2,1-2H3. The Bertz CT molecular complexity index is 528. The first-order chi connectivity index (χ1) is 10.5. The monoisotopic (exact) mass is 368 g/mol. The largest absolute Gasteiger partial charge is 0.462 e. The molecule has 22 heavy (non-hydrogen) atoms. The molecule has 1 aliphatic rings. The van der Waals surface area contributed by atoms with Crippen LogP contribution in [0.25, 0.3) is 0 Å². The van der Waals surface area contributed by atoms with Crippen molar-refractivity contribution in [3.8, 4) is 0 Å². The number of ether oxygens (including phenoxy) is 1. The third kappa shape index (κ3) is 4.23. The van der Waals surface area contributed by atoms with Gasteiger partial charge in [-0.2, -0.15) is 0 Å². The Morgan fingerprint density at radius 2 is 2.05 bits per heavy atom. The number of hydrogen-bond donors (Lipinski definition) is 1. The van der Waals surface area contributed by atoms with Gasteiger partial charge >= 0.3 is 5.97 Å². The Balaban J connectivity index is 2.16. The van der Waals surface area contributed by atoms with E-state index in [9.17, 15) is 4.79 Å². The number of carbonyl (C=O) groups is 1. The van der Waals surface area contributed by atoms with Gasteiger partial charge in [0.25, 0.3) is 0 Å². The molecule has 5 heteroatoms. The second-order valence-electron chi connectivity index (χ2n) is 5.96. The van der Waals surface area contributed by atoms with Crippen LogP contribution in [0.15, 0.2) is 16.6 Å². The number of hydrogen-bond acceptors (Lipinski definition) is 4. The molecule has 0 bridgehead atoms. The van der Waals surface area contributed by atoms with Crippen LogP contribution in [0.2, 0.25) is 0 Å². The van der Waals surface area contributed by atoms with E-state index in [1.54, 1.807) is 6.07 Å². The topological polar surface area (TPSA) is 55.6 Å². The Kier molecular flexibility index (Phi) is 6.26. The minimum absolute atomic E-state index is 0.301. The molecule has 1 aliphatic carbocycles. The van der Waals surface area contributed by atoms with Gasteiger partial charge < -0.3 is 10.5 Å². The van der Waals surface area contributed by atoms with Crippen molar-refractivity contribution in [2.75, 3.05) is 19.4 Å². The first-order valence-electron chi connectivity index (χ1n) is 7.98. The van der Waals surface area contributed by atoms with Gasteiger partial charge in [-0.05, 0) is 60.4 Å². The molecule has 0 heterocycles. The van der Waals surface area contributed by atoms with Gasteiger partial charge in [-0.3, -0.25) is 4.90 Å². The van der Waals surface area contributed by atoms with E-state index in [-0.39, 0.29) is 5.97 Å². The number of nitrogens with two attached hydrogens (primary N) is 1. The maximum absolute atomic E-state index is 12.0. The highest BCUT2D eigenvalue weighted by atomic mass is 79.9. The first-order valence-corrected chi connectivity index (χ1v) is 8.77. The number of anilines is 1. The Morgan fingerprint density at radius 1 is 1.36 bits per heavy atom. The zero-order chi connectivity index (χ0) is 16.1. The van der Waals surface area contributed by atoms with Crippen molar-refractivity contribution in [2.45, 2.75) is 51.6 Å². The van der Waals surface area contributed by atoms with Crippen LogP contribution in [0.1, 0.15) is 54.9 Å². The molecule has 4 nitrogen and oxygen atoms in total. The van der Waals surface area contributed by atoms with Crippen molar-refractivity contribution in [3.63, 3.8) is 0 Å². The van der Waals surface area contributed by atoms with Crippen LogP contribution in [0.3, 0.4) is 0 Å². The van der Waals surface area contributed by atoms with E-state index in [0.717, 1.165) is 16.6 Å². The fraction of sp³-hybridized carbons (Fsp3) is 0.588. The van der Waals surface area contributed by atoms with Crippen LogP contribution in [0, 0.1) is 0 Å². The van der Waals surface area contributed by atoms with Crippen LogP contribution < -0.4 is 5.73 Å². The molecule has 1 saturated carbocycles. The van der Waals surface area contributed by atoms with E-state index in [4.69, 9.17) is 10.5 Å². The second-order valence-corrected chi connectivity index (χ2v) is 6.81. The number of carbonyl (C=O) groups excluding carboxylic acids is 1. The summed E-state index contributed by atoms with van der Waals surface area (Å²) in [4.78, 5) is 14.3. The van der Waals surface area contributed by atoms with Crippen LogP contribution in [-0.2, 0) is 11.3 Å². The fourth-order valence-electron chi connectivity index (χ4n) is 3.06. The van der Waals surface area contributed by atoms with E-state index in [1.165, 1.54) is 32.1 Å². The average molecular weight is 369 g/mol. The highest BCUT2D eigenvalue weighted by Gasteiger charge is 2.20. The molecule has 1 aromatic carbocycles. The minimum Gasteiger partial charge on any atom is -0.462 e. The van der Waals surface area contributed by atoms with Crippen molar-refractivity contribution < 1.29 is 9.53 Å². The van der Waals surface area contributed by atoms with Crippen molar-refractivity contribution in [2.24, 2.45) is 0 Å². The van der Waals surface area contributed by atoms with Crippen molar-refractivity contribution in [1.82, 2.24) is 4.90 Å². The van der Waals surface area contributed by atoms with E-state index >= 15 is 0 Å². The zero-order valence-electron chi connectivity index (χ0n) is 13.4. The molecule has 122 valence electrons. The van der Waals surface area contributed by atoms with Gasteiger partial charge in [-0.1, -0.05) is 19.3 Å². The number of esters is 1. The lowest BCUT2D eigenvalue weighted by atomic mass is 9.94. The van der Waals surface area contributed by atoms with E-state index < -0.39 is 0 Å². The Labute approximate surface area is 141 Å². The number of halogens is 1. The molecule has 0 amide bonds. The molecule has 1 aromatic rings. The first kappa shape index (κ1) is 17.3. The summed E-state index contributed by atoms with van der Waals surface area (Å²) in [5, 5.41) is 0. The van der Waals surface area contributed by atoms with Crippen molar-refractivity contribution in [1.29, 1.82) is 0 Å². The van der Waals surface area contributed by atoms with E-state index in [0.29, 0.717) is 23.9 Å². The van der Waals surface area contributed by atoms with Crippen LogP contribution in [0.4, 0.5) is 5.69 Å². The quantitative estimate of drug-likeness (QED) is 0.630. The summed E-state index contributed by atoms with van der Waals surface area (Å²) in [5.74, 6) is -0.301. The molecule has 0 saturated heterocycles. The zero-order valence-corrected chi connectivity index (χ0v) is 15.0. The van der Waals surface area contributed by atoms with Crippen LogP contribution >= 0.6 is 15.9 Å². The summed E-state index contributed by atoms with van der Waals surface area (Å²) >= 11 is 3.45. The van der Waals surface area contributed by atoms with Gasteiger partial charge in [0.15, 0.2) is 0 Å². The summed E-state index contributed by atoms with van der Waals surface area (Å²) in [6.07, 6.45) is 6.44. The molecule has 0 aliphatic heterocycles. The lowest BCUT2D eigenvalue weighted by Gasteiger charge is -2.31. The molecule has 0 unspecified atom stereocenters. The highest BCUT2D eigenvalue weighted by molar-refractivity contribution is 9.10. The Hall–Kier alpha value is -1.07. The van der Waals surface area contributed by atoms with E-state index in [1.807, 2.05) is 13.0 Å². The molecular weight excluding hydrogens is 344 g/mol. The van der Waals surface area contributed by atoms with Gasteiger partial charge in [-0.15, -0.1) is 0 Å². The molecular formula is C17H25BrN2O2. The van der Waals surface area contributed by atoms with Gasteiger partial charge in [0, 0.05) is 17.1 Å². The number of benzene rings is 1. The summed E-state index contributed by atoms with van der Waals surface area (Å²) < 4.78 is 5.84. The SMILES string of the molecule is CCOC(=O)c1cc(Br)c(N)c(CN(C)C2CCCCC2)c1. The van der Waals surface area contributed by atoms with Crippen LogP contribution in [-0.4, -0.2) is 30.6 Å². The molecule has 2 N–H and O–H groups in total. The van der Waals surface area contributed by atoms with Gasteiger partial charge in [0.1, 0.15) is 0 Å². The van der Waals surface area contributed by atoms with Crippen LogP contribution in [0.5, 0.6) is 0 Å². The molecule has 0 atom stereocenters. The lowest BCUT2D eigenvalue weighted by molar-refractivity contribution is 0.0526. The van der Waals surface area contributed by atoms with Crippen molar-refractivity contribution >= 4 is 27.6 Å². The maximum atomic E-state index is 12.0. The Morgan fingerprint density at radius 3 is 2.68 bits per heavy atom. The predicted molar refractivity (Wildman–Crippen MR) is 92.9 cm³/mol.